The van der Waals surface area contributed by atoms with Gasteiger partial charge in [0, 0.05) is 0 Å². The van der Waals surface area contributed by atoms with Gasteiger partial charge in [0.2, 0.25) is 0 Å². The van der Waals surface area contributed by atoms with E-state index in [1.165, 1.54) is 25.3 Å². The molecule has 0 aromatic heterocycles. The zero-order chi connectivity index (χ0) is 9.52. The first-order valence-electron chi connectivity index (χ1n) is 4.83. The zero-order valence-electron chi connectivity index (χ0n) is 8.04. The maximum absolute atomic E-state index is 10.6. The van der Waals surface area contributed by atoms with Gasteiger partial charge in [0.05, 0.1) is 12.7 Å². The molecule has 0 saturated carbocycles. The molecule has 0 aromatic carbocycles. The Morgan fingerprint density at radius 2 is 2.31 bits per heavy atom. The van der Waals surface area contributed by atoms with Crippen LogP contribution in [0.1, 0.15) is 32.6 Å². The molecule has 0 fully saturated rings. The Bertz CT molecular complexity index is 196. The molecule has 0 aliphatic carbocycles. The van der Waals surface area contributed by atoms with Gasteiger partial charge in [-0.3, -0.25) is 0 Å². The average molecular weight is 184 g/mol. The van der Waals surface area contributed by atoms with Gasteiger partial charge < -0.3 is 9.47 Å². The third-order valence-corrected chi connectivity index (χ3v) is 1.92. The maximum Gasteiger partial charge on any atom is 0.334 e. The molecule has 3 heteroatoms. The predicted molar refractivity (Wildman–Crippen MR) is 49.1 cm³/mol. The normalized spacial score (nSPS) is 15.5. The molecule has 0 amide bonds. The average Bonchev–Trinajstić information content (AvgIpc) is 2.51. The van der Waals surface area contributed by atoms with Crippen molar-refractivity contribution >= 4 is 5.97 Å². The lowest BCUT2D eigenvalue weighted by molar-refractivity contribution is -0.135. The number of carbonyl (C=O) groups excluding carboxylic acids is 1. The highest BCUT2D eigenvalue weighted by Gasteiger charge is 2.13. The summed E-state index contributed by atoms with van der Waals surface area (Å²) < 4.78 is 10.0. The van der Waals surface area contributed by atoms with Crippen LogP contribution in [0.3, 0.4) is 0 Å². The summed E-state index contributed by atoms with van der Waals surface area (Å²) in [6, 6.07) is 0. The Kier molecular flexibility index (Phi) is 4.36. The van der Waals surface area contributed by atoms with Crippen molar-refractivity contribution in [2.75, 3.05) is 13.2 Å². The monoisotopic (exact) mass is 184 g/mol. The molecule has 1 aliphatic heterocycles. The summed E-state index contributed by atoms with van der Waals surface area (Å²) in [6.45, 7) is 3.18. The smallest absolute Gasteiger partial charge is 0.334 e. The molecule has 0 unspecified atom stereocenters. The third-order valence-electron chi connectivity index (χ3n) is 1.92. The largest absolute Gasteiger partial charge is 0.494 e. The number of cyclic esters (lactones) is 1. The minimum absolute atomic E-state index is 0.288. The molecule has 1 rings (SSSR count). The molecule has 13 heavy (non-hydrogen) atoms. The fourth-order valence-electron chi connectivity index (χ4n) is 1.17. The van der Waals surface area contributed by atoms with Crippen LogP contribution in [0.4, 0.5) is 0 Å². The number of ether oxygens (including phenoxy) is 2. The van der Waals surface area contributed by atoms with E-state index < -0.39 is 0 Å². The number of hydrogen-bond acceptors (Lipinski definition) is 3. The first kappa shape index (κ1) is 10.1. The van der Waals surface area contributed by atoms with Gasteiger partial charge in [0.1, 0.15) is 12.4 Å². The van der Waals surface area contributed by atoms with E-state index in [0.29, 0.717) is 19.0 Å². The number of esters is 1. The lowest BCUT2D eigenvalue weighted by atomic mass is 10.2. The van der Waals surface area contributed by atoms with Crippen molar-refractivity contribution in [3.63, 3.8) is 0 Å². The molecule has 0 aromatic rings. The second kappa shape index (κ2) is 5.62. The highest BCUT2D eigenvalue weighted by Crippen LogP contribution is 2.08. The lowest BCUT2D eigenvalue weighted by Gasteiger charge is -2.04. The first-order chi connectivity index (χ1) is 6.33. The van der Waals surface area contributed by atoms with Crippen molar-refractivity contribution in [1.82, 2.24) is 0 Å². The molecule has 1 aliphatic rings. The van der Waals surface area contributed by atoms with E-state index in [1.807, 2.05) is 0 Å². The van der Waals surface area contributed by atoms with E-state index in [9.17, 15) is 4.79 Å². The Balaban J connectivity index is 2.00. The first-order valence-corrected chi connectivity index (χ1v) is 4.83. The van der Waals surface area contributed by atoms with E-state index in [1.54, 1.807) is 0 Å². The molecule has 3 nitrogen and oxygen atoms in total. The molecule has 1 heterocycles. The summed E-state index contributed by atoms with van der Waals surface area (Å²) in [5.74, 6) is 0.380. The Labute approximate surface area is 78.7 Å². The standard InChI is InChI=1S/C10H16O3/c1-2-3-4-5-6-12-9-7-10(11)13-8-9/h7H,2-6,8H2,1H3. The minimum atomic E-state index is -0.288. The summed E-state index contributed by atoms with van der Waals surface area (Å²) in [5.41, 5.74) is 0. The van der Waals surface area contributed by atoms with Gasteiger partial charge in [0.25, 0.3) is 0 Å². The quantitative estimate of drug-likeness (QED) is 0.468. The fourth-order valence-corrected chi connectivity index (χ4v) is 1.17. The Morgan fingerprint density at radius 1 is 1.46 bits per heavy atom. The molecule has 74 valence electrons. The number of carbonyl (C=O) groups is 1. The summed E-state index contributed by atoms with van der Waals surface area (Å²) in [5, 5.41) is 0. The lowest BCUT2D eigenvalue weighted by Crippen LogP contribution is -1.97. The van der Waals surface area contributed by atoms with Gasteiger partial charge in [-0.15, -0.1) is 0 Å². The van der Waals surface area contributed by atoms with Crippen LogP contribution in [0.15, 0.2) is 11.8 Å². The summed E-state index contributed by atoms with van der Waals surface area (Å²) >= 11 is 0. The fraction of sp³-hybridized carbons (Fsp3) is 0.700. The summed E-state index contributed by atoms with van der Waals surface area (Å²) in [4.78, 5) is 10.6. The van der Waals surface area contributed by atoms with Crippen LogP contribution >= 0.6 is 0 Å². The molecule has 0 spiro atoms. The predicted octanol–water partition coefficient (Wildman–Crippen LogP) is 2.02. The SMILES string of the molecule is CCCCCCOC1=CC(=O)OC1. The zero-order valence-corrected chi connectivity index (χ0v) is 8.04. The van der Waals surface area contributed by atoms with E-state index in [4.69, 9.17) is 4.74 Å². The van der Waals surface area contributed by atoms with Crippen LogP contribution < -0.4 is 0 Å². The van der Waals surface area contributed by atoms with Crippen molar-refractivity contribution in [3.8, 4) is 0 Å². The van der Waals surface area contributed by atoms with E-state index in [-0.39, 0.29) is 5.97 Å². The molecular weight excluding hydrogens is 168 g/mol. The number of hydrogen-bond donors (Lipinski definition) is 0. The van der Waals surface area contributed by atoms with E-state index in [0.717, 1.165) is 6.42 Å². The second-order valence-corrected chi connectivity index (χ2v) is 3.13. The highest BCUT2D eigenvalue weighted by atomic mass is 16.6. The Morgan fingerprint density at radius 3 is 2.92 bits per heavy atom. The van der Waals surface area contributed by atoms with Gasteiger partial charge in [-0.2, -0.15) is 0 Å². The van der Waals surface area contributed by atoms with Crippen LogP contribution in [0.25, 0.3) is 0 Å². The van der Waals surface area contributed by atoms with Gasteiger partial charge in [0.15, 0.2) is 0 Å². The topological polar surface area (TPSA) is 35.5 Å². The van der Waals surface area contributed by atoms with E-state index in [2.05, 4.69) is 11.7 Å². The molecule has 0 saturated heterocycles. The molecule has 0 radical (unpaired) electrons. The van der Waals surface area contributed by atoms with Crippen LogP contribution in [0.5, 0.6) is 0 Å². The van der Waals surface area contributed by atoms with Gasteiger partial charge in [-0.1, -0.05) is 26.2 Å². The van der Waals surface area contributed by atoms with E-state index >= 15 is 0 Å². The van der Waals surface area contributed by atoms with Crippen LogP contribution in [-0.2, 0) is 14.3 Å². The van der Waals surface area contributed by atoms with Crippen molar-refractivity contribution in [3.05, 3.63) is 11.8 Å². The summed E-state index contributed by atoms with van der Waals surface area (Å²) in [6.07, 6.45) is 6.14. The molecule has 0 bridgehead atoms. The van der Waals surface area contributed by atoms with Crippen LogP contribution in [-0.4, -0.2) is 19.2 Å². The minimum Gasteiger partial charge on any atom is -0.494 e. The molecular formula is C10H16O3. The highest BCUT2D eigenvalue weighted by molar-refractivity contribution is 5.84. The van der Waals surface area contributed by atoms with Gasteiger partial charge in [-0.25, -0.2) is 4.79 Å². The summed E-state index contributed by atoms with van der Waals surface area (Å²) in [7, 11) is 0. The Hall–Kier alpha value is -0.990. The van der Waals surface area contributed by atoms with Crippen molar-refractivity contribution in [2.24, 2.45) is 0 Å². The maximum atomic E-state index is 10.6. The molecule has 0 N–H and O–H groups in total. The van der Waals surface area contributed by atoms with Crippen molar-refractivity contribution < 1.29 is 14.3 Å². The number of unbranched alkanes of at least 4 members (excludes halogenated alkanes) is 3. The second-order valence-electron chi connectivity index (χ2n) is 3.13. The van der Waals surface area contributed by atoms with Crippen molar-refractivity contribution in [2.45, 2.75) is 32.6 Å². The van der Waals surface area contributed by atoms with Gasteiger partial charge >= 0.3 is 5.97 Å². The third kappa shape index (κ3) is 3.97. The van der Waals surface area contributed by atoms with Gasteiger partial charge in [-0.05, 0) is 6.42 Å². The van der Waals surface area contributed by atoms with Crippen molar-refractivity contribution in [1.29, 1.82) is 0 Å². The molecule has 0 atom stereocenters. The van der Waals surface area contributed by atoms with Crippen LogP contribution in [0.2, 0.25) is 0 Å². The number of rotatable bonds is 6. The van der Waals surface area contributed by atoms with Crippen LogP contribution in [0, 0.1) is 0 Å².